The predicted octanol–water partition coefficient (Wildman–Crippen LogP) is 2.41. The number of hydrogen-bond donors (Lipinski definition) is 2. The summed E-state index contributed by atoms with van der Waals surface area (Å²) in [6, 6.07) is 16.0. The molecule has 4 amide bonds. The number of hydrazine groups is 1. The van der Waals surface area contributed by atoms with Crippen LogP contribution in [-0.2, 0) is 21.7 Å². The lowest BCUT2D eigenvalue weighted by Crippen LogP contribution is -2.50. The van der Waals surface area contributed by atoms with Crippen molar-refractivity contribution in [1.82, 2.24) is 20.7 Å². The molecule has 0 aliphatic carbocycles. The highest BCUT2D eigenvalue weighted by Crippen LogP contribution is 2.31. The van der Waals surface area contributed by atoms with Crippen LogP contribution >= 0.6 is 0 Å². The van der Waals surface area contributed by atoms with Crippen molar-refractivity contribution in [2.75, 3.05) is 20.2 Å². The molecule has 0 unspecified atom stereocenters. The molecule has 1 saturated heterocycles. The number of rotatable bonds is 9. The first-order valence-corrected chi connectivity index (χ1v) is 10.3. The first-order chi connectivity index (χ1) is 14.9. The molecule has 0 bridgehead atoms. The van der Waals surface area contributed by atoms with Crippen LogP contribution in [0.25, 0.3) is 0 Å². The van der Waals surface area contributed by atoms with Gasteiger partial charge in [0.2, 0.25) is 0 Å². The molecule has 1 aliphatic rings. The van der Waals surface area contributed by atoms with Crippen molar-refractivity contribution in [3.8, 4) is 5.75 Å². The number of hydrogen-bond acceptors (Lipinski definition) is 5. The van der Waals surface area contributed by atoms with Crippen LogP contribution in [0.1, 0.15) is 31.4 Å². The number of urea groups is 1. The Kier molecular flexibility index (Phi) is 6.91. The van der Waals surface area contributed by atoms with Gasteiger partial charge in [-0.1, -0.05) is 49.4 Å². The minimum Gasteiger partial charge on any atom is -0.494 e. The predicted molar refractivity (Wildman–Crippen MR) is 116 cm³/mol. The summed E-state index contributed by atoms with van der Waals surface area (Å²) in [6.45, 7) is 4.90. The number of imide groups is 1. The van der Waals surface area contributed by atoms with Gasteiger partial charge in [0.1, 0.15) is 11.3 Å². The zero-order chi connectivity index (χ0) is 22.4. The van der Waals surface area contributed by atoms with Crippen molar-refractivity contribution in [3.05, 3.63) is 65.7 Å². The van der Waals surface area contributed by atoms with Crippen LogP contribution in [0.5, 0.6) is 5.75 Å². The molecule has 0 saturated carbocycles. The Morgan fingerprint density at radius 1 is 1.10 bits per heavy atom. The SMILES string of the molecule is CCOc1ccc(CN(C)CC(=O)NN2C(=O)N[C@@](CC)(c3ccccc3)C2=O)cc1. The third-order valence-electron chi connectivity index (χ3n) is 5.23. The lowest BCUT2D eigenvalue weighted by molar-refractivity contribution is -0.139. The van der Waals surface area contributed by atoms with Gasteiger partial charge >= 0.3 is 6.03 Å². The zero-order valence-electron chi connectivity index (χ0n) is 18.1. The van der Waals surface area contributed by atoms with Gasteiger partial charge in [-0.25, -0.2) is 4.79 Å². The van der Waals surface area contributed by atoms with E-state index in [1.165, 1.54) is 0 Å². The van der Waals surface area contributed by atoms with Crippen molar-refractivity contribution >= 4 is 17.8 Å². The molecule has 1 aliphatic heterocycles. The maximum absolute atomic E-state index is 13.1. The third-order valence-corrected chi connectivity index (χ3v) is 5.23. The fraction of sp³-hybridized carbons (Fsp3) is 0.348. The molecule has 8 heteroatoms. The van der Waals surface area contributed by atoms with Crippen molar-refractivity contribution < 1.29 is 19.1 Å². The Bertz CT molecular complexity index is 932. The molecule has 1 heterocycles. The second kappa shape index (κ2) is 9.61. The lowest BCUT2D eigenvalue weighted by atomic mass is 9.87. The quantitative estimate of drug-likeness (QED) is 0.604. The molecule has 2 aromatic rings. The third kappa shape index (κ3) is 4.86. The Morgan fingerprint density at radius 2 is 1.77 bits per heavy atom. The number of likely N-dealkylation sites (N-methyl/N-ethyl adjacent to an activating group) is 1. The molecule has 2 N–H and O–H groups in total. The summed E-state index contributed by atoms with van der Waals surface area (Å²) in [5, 5.41) is 3.53. The highest BCUT2D eigenvalue weighted by atomic mass is 16.5. The van der Waals surface area contributed by atoms with Gasteiger partial charge in [-0.3, -0.25) is 19.9 Å². The molecule has 31 heavy (non-hydrogen) atoms. The van der Waals surface area contributed by atoms with Gasteiger partial charge in [0.15, 0.2) is 0 Å². The van der Waals surface area contributed by atoms with Crippen LogP contribution in [0.3, 0.4) is 0 Å². The smallest absolute Gasteiger partial charge is 0.344 e. The summed E-state index contributed by atoms with van der Waals surface area (Å²) >= 11 is 0. The number of nitrogens with one attached hydrogen (secondary N) is 2. The van der Waals surface area contributed by atoms with Crippen LogP contribution in [0.4, 0.5) is 4.79 Å². The topological polar surface area (TPSA) is 91.0 Å². The second-order valence-corrected chi connectivity index (χ2v) is 7.48. The van der Waals surface area contributed by atoms with E-state index in [1.54, 1.807) is 24.1 Å². The molecular formula is C23H28N4O4. The van der Waals surface area contributed by atoms with Gasteiger partial charge in [-0.2, -0.15) is 5.01 Å². The first-order valence-electron chi connectivity index (χ1n) is 10.3. The van der Waals surface area contributed by atoms with Gasteiger partial charge < -0.3 is 10.1 Å². The molecule has 2 aromatic carbocycles. The van der Waals surface area contributed by atoms with Crippen LogP contribution in [0, 0.1) is 0 Å². The standard InChI is InChI=1S/C23H28N4O4/c1-4-23(18-9-7-6-8-10-18)21(29)27(22(30)24-23)25-20(28)16-26(3)15-17-11-13-19(14-12-17)31-5-2/h6-14H,4-5,15-16H2,1-3H3,(H,24,30)(H,25,28)/t23-/m0/s1. The molecule has 0 aromatic heterocycles. The number of carbonyl (C=O) groups excluding carboxylic acids is 3. The Balaban J connectivity index is 1.61. The Hall–Kier alpha value is -3.39. The Labute approximate surface area is 182 Å². The largest absolute Gasteiger partial charge is 0.494 e. The fourth-order valence-corrected chi connectivity index (χ4v) is 3.67. The molecule has 3 rings (SSSR count). The fourth-order valence-electron chi connectivity index (χ4n) is 3.67. The maximum Gasteiger partial charge on any atom is 0.344 e. The molecule has 0 radical (unpaired) electrons. The summed E-state index contributed by atoms with van der Waals surface area (Å²) in [6.07, 6.45) is 0.367. The summed E-state index contributed by atoms with van der Waals surface area (Å²) in [7, 11) is 1.79. The molecule has 1 atom stereocenters. The van der Waals surface area contributed by atoms with E-state index < -0.39 is 23.4 Å². The molecule has 8 nitrogen and oxygen atoms in total. The van der Waals surface area contributed by atoms with Crippen LogP contribution in [-0.4, -0.2) is 48.0 Å². The normalized spacial score (nSPS) is 18.3. The molecule has 164 valence electrons. The minimum atomic E-state index is -1.18. The highest BCUT2D eigenvalue weighted by Gasteiger charge is 2.52. The average Bonchev–Trinajstić information content (AvgIpc) is 3.01. The van der Waals surface area contributed by atoms with Gasteiger partial charge in [0.25, 0.3) is 11.8 Å². The number of carbonyl (C=O) groups is 3. The van der Waals surface area contributed by atoms with Crippen LogP contribution < -0.4 is 15.5 Å². The van der Waals surface area contributed by atoms with Crippen molar-refractivity contribution in [1.29, 1.82) is 0 Å². The zero-order valence-corrected chi connectivity index (χ0v) is 18.1. The summed E-state index contributed by atoms with van der Waals surface area (Å²) < 4.78 is 5.43. The number of benzene rings is 2. The van der Waals surface area contributed by atoms with Crippen molar-refractivity contribution in [2.24, 2.45) is 0 Å². The number of nitrogens with zero attached hydrogens (tertiary/aromatic N) is 2. The first kappa shape index (κ1) is 22.3. The monoisotopic (exact) mass is 424 g/mol. The molecule has 1 fully saturated rings. The van der Waals surface area contributed by atoms with Gasteiger partial charge in [0, 0.05) is 6.54 Å². The van der Waals surface area contributed by atoms with E-state index >= 15 is 0 Å². The van der Waals surface area contributed by atoms with E-state index in [9.17, 15) is 14.4 Å². The van der Waals surface area contributed by atoms with Crippen molar-refractivity contribution in [3.63, 3.8) is 0 Å². The summed E-state index contributed by atoms with van der Waals surface area (Å²) in [4.78, 5) is 39.9. The van der Waals surface area contributed by atoms with E-state index in [0.717, 1.165) is 16.3 Å². The second-order valence-electron chi connectivity index (χ2n) is 7.48. The summed E-state index contributed by atoms with van der Waals surface area (Å²) in [5.41, 5.74) is 2.97. The van der Waals surface area contributed by atoms with E-state index in [1.807, 2.05) is 56.3 Å². The van der Waals surface area contributed by atoms with Crippen LogP contribution in [0.2, 0.25) is 0 Å². The van der Waals surface area contributed by atoms with E-state index in [4.69, 9.17) is 4.74 Å². The number of amides is 4. The number of ether oxygens (including phenoxy) is 1. The minimum absolute atomic E-state index is 0.0226. The average molecular weight is 425 g/mol. The summed E-state index contributed by atoms with van der Waals surface area (Å²) in [5.74, 6) is -0.145. The van der Waals surface area contributed by atoms with E-state index in [2.05, 4.69) is 10.7 Å². The molecule has 0 spiro atoms. The van der Waals surface area contributed by atoms with Crippen LogP contribution in [0.15, 0.2) is 54.6 Å². The highest BCUT2D eigenvalue weighted by molar-refractivity contribution is 6.08. The van der Waals surface area contributed by atoms with E-state index in [0.29, 0.717) is 25.1 Å². The molecular weight excluding hydrogens is 396 g/mol. The lowest BCUT2D eigenvalue weighted by Gasteiger charge is -2.25. The van der Waals surface area contributed by atoms with E-state index in [-0.39, 0.29) is 6.54 Å². The van der Waals surface area contributed by atoms with Crippen molar-refractivity contribution in [2.45, 2.75) is 32.4 Å². The van der Waals surface area contributed by atoms with Gasteiger partial charge in [0.05, 0.1) is 13.2 Å². The van der Waals surface area contributed by atoms with Gasteiger partial charge in [-0.05, 0) is 43.7 Å². The van der Waals surface area contributed by atoms with Gasteiger partial charge in [-0.15, -0.1) is 0 Å². The maximum atomic E-state index is 13.1. The Morgan fingerprint density at radius 3 is 2.39 bits per heavy atom.